The molecule has 32 heavy (non-hydrogen) atoms. The third-order valence-corrected chi connectivity index (χ3v) is 6.36. The normalized spacial score (nSPS) is 20.6. The van der Waals surface area contributed by atoms with Crippen molar-refractivity contribution in [1.29, 1.82) is 0 Å². The molecule has 1 fully saturated rings. The van der Waals surface area contributed by atoms with E-state index in [1.165, 1.54) is 0 Å². The van der Waals surface area contributed by atoms with Crippen molar-refractivity contribution in [1.82, 2.24) is 25.1 Å². The molecule has 2 aliphatic heterocycles. The van der Waals surface area contributed by atoms with Crippen LogP contribution in [0.3, 0.4) is 0 Å². The molecule has 1 N–H and O–H groups in total. The fourth-order valence-corrected chi connectivity index (χ4v) is 4.72. The molecule has 5 rings (SSSR count). The Labute approximate surface area is 187 Å². The summed E-state index contributed by atoms with van der Waals surface area (Å²) in [5.74, 6) is 1.47. The number of fused-ring (bicyclic) bond motifs is 2. The molecule has 166 valence electrons. The molecular weight excluding hydrogens is 406 g/mol. The first-order valence-electron chi connectivity index (χ1n) is 10.7. The summed E-state index contributed by atoms with van der Waals surface area (Å²) in [6.07, 6.45) is 4.41. The summed E-state index contributed by atoms with van der Waals surface area (Å²) in [6, 6.07) is 9.60. The fraction of sp³-hybridized carbons (Fsp3) is 0.391. The van der Waals surface area contributed by atoms with Gasteiger partial charge in [-0.15, -0.1) is 0 Å². The van der Waals surface area contributed by atoms with Crippen molar-refractivity contribution in [2.45, 2.75) is 24.9 Å². The molecule has 9 heteroatoms. The third-order valence-electron chi connectivity index (χ3n) is 6.36. The number of carbonyl (C=O) groups excluding carboxylic acids is 1. The van der Waals surface area contributed by atoms with Crippen LogP contribution in [-0.2, 0) is 23.3 Å². The number of aromatic nitrogens is 4. The first-order valence-corrected chi connectivity index (χ1v) is 10.7. The Kier molecular flexibility index (Phi) is 5.05. The Morgan fingerprint density at radius 1 is 1.22 bits per heavy atom. The highest BCUT2D eigenvalue weighted by molar-refractivity contribution is 6.03. The fourth-order valence-electron chi connectivity index (χ4n) is 4.72. The SMILES string of the molecule is COc1ccc(N2Cc3cnc(N(C)C)nc3C3(CCN(Cc4cc[nH]n4)C3)C2=O)cc1. The van der Waals surface area contributed by atoms with Gasteiger partial charge in [-0.05, 0) is 36.8 Å². The lowest BCUT2D eigenvalue weighted by atomic mass is 9.77. The quantitative estimate of drug-likeness (QED) is 0.658. The molecule has 1 amide bonds. The van der Waals surface area contributed by atoms with Crippen molar-refractivity contribution in [3.8, 4) is 5.75 Å². The highest BCUT2D eigenvalue weighted by Gasteiger charge is 2.53. The minimum Gasteiger partial charge on any atom is -0.497 e. The van der Waals surface area contributed by atoms with Gasteiger partial charge in [0.05, 0.1) is 25.0 Å². The zero-order valence-corrected chi connectivity index (χ0v) is 18.6. The molecule has 1 saturated heterocycles. The van der Waals surface area contributed by atoms with E-state index >= 15 is 0 Å². The maximum absolute atomic E-state index is 14.1. The molecule has 0 radical (unpaired) electrons. The molecule has 1 unspecified atom stereocenters. The van der Waals surface area contributed by atoms with Gasteiger partial charge in [-0.3, -0.25) is 14.8 Å². The molecule has 1 spiro atoms. The summed E-state index contributed by atoms with van der Waals surface area (Å²) in [6.45, 7) is 2.55. The van der Waals surface area contributed by atoms with Gasteiger partial charge in [-0.1, -0.05) is 0 Å². The van der Waals surface area contributed by atoms with E-state index in [9.17, 15) is 4.79 Å². The second kappa shape index (κ2) is 7.90. The van der Waals surface area contributed by atoms with Crippen LogP contribution in [0.5, 0.6) is 5.75 Å². The number of likely N-dealkylation sites (tertiary alicyclic amines) is 1. The number of carbonyl (C=O) groups is 1. The van der Waals surface area contributed by atoms with Crippen LogP contribution in [0.15, 0.2) is 42.7 Å². The summed E-state index contributed by atoms with van der Waals surface area (Å²) in [7, 11) is 5.47. The Morgan fingerprint density at radius 3 is 2.72 bits per heavy atom. The number of nitrogens with zero attached hydrogens (tertiary/aromatic N) is 6. The minimum atomic E-state index is -0.711. The smallest absolute Gasteiger partial charge is 0.240 e. The third kappa shape index (κ3) is 3.38. The molecule has 0 bridgehead atoms. The molecular formula is C23H27N7O2. The molecule has 2 aromatic heterocycles. The van der Waals surface area contributed by atoms with Crippen molar-refractivity contribution in [2.75, 3.05) is 44.1 Å². The predicted octanol–water partition coefficient (Wildman–Crippen LogP) is 1.96. The number of H-pyrrole nitrogens is 1. The topological polar surface area (TPSA) is 90.5 Å². The van der Waals surface area contributed by atoms with Crippen molar-refractivity contribution in [2.24, 2.45) is 0 Å². The number of ether oxygens (including phenoxy) is 1. The summed E-state index contributed by atoms with van der Waals surface area (Å²) in [5.41, 5.74) is 2.96. The van der Waals surface area contributed by atoms with Crippen LogP contribution in [0, 0.1) is 0 Å². The monoisotopic (exact) mass is 433 g/mol. The van der Waals surface area contributed by atoms with Gasteiger partial charge in [0.1, 0.15) is 11.2 Å². The molecule has 1 atom stereocenters. The first-order chi connectivity index (χ1) is 15.5. The molecule has 4 heterocycles. The second-order valence-corrected chi connectivity index (χ2v) is 8.64. The van der Waals surface area contributed by atoms with Crippen LogP contribution in [0.25, 0.3) is 0 Å². The van der Waals surface area contributed by atoms with Gasteiger partial charge in [0.15, 0.2) is 0 Å². The van der Waals surface area contributed by atoms with Gasteiger partial charge < -0.3 is 14.5 Å². The molecule has 9 nitrogen and oxygen atoms in total. The van der Waals surface area contributed by atoms with Gasteiger partial charge in [-0.25, -0.2) is 9.97 Å². The summed E-state index contributed by atoms with van der Waals surface area (Å²) in [5, 5.41) is 7.16. The lowest BCUT2D eigenvalue weighted by Crippen LogP contribution is -2.53. The standard InChI is InChI=1S/C23H27N7O2/c1-28(2)22-24-12-16-13-30(18-4-6-19(32-3)7-5-18)21(31)23(20(16)26-22)9-11-29(15-23)14-17-8-10-25-27-17/h4-8,10,12H,9,11,13-15H2,1-3H3,(H,25,27). The van der Waals surface area contributed by atoms with Crippen molar-refractivity contribution < 1.29 is 9.53 Å². The average molecular weight is 434 g/mol. The maximum Gasteiger partial charge on any atom is 0.240 e. The van der Waals surface area contributed by atoms with E-state index in [1.54, 1.807) is 7.11 Å². The highest BCUT2D eigenvalue weighted by Crippen LogP contribution is 2.43. The lowest BCUT2D eigenvalue weighted by Gasteiger charge is -2.40. The van der Waals surface area contributed by atoms with E-state index < -0.39 is 5.41 Å². The number of aromatic amines is 1. The largest absolute Gasteiger partial charge is 0.497 e. The lowest BCUT2D eigenvalue weighted by molar-refractivity contribution is -0.124. The molecule has 2 aliphatic rings. The Bertz CT molecular complexity index is 1110. The van der Waals surface area contributed by atoms with Crippen LogP contribution in [0.2, 0.25) is 0 Å². The molecule has 3 aromatic rings. The second-order valence-electron chi connectivity index (χ2n) is 8.64. The number of hydrogen-bond donors (Lipinski definition) is 1. The van der Waals surface area contributed by atoms with E-state index in [1.807, 2.05) is 66.6 Å². The summed E-state index contributed by atoms with van der Waals surface area (Å²) < 4.78 is 5.29. The molecule has 1 aromatic carbocycles. The highest BCUT2D eigenvalue weighted by atomic mass is 16.5. The van der Waals surface area contributed by atoms with E-state index in [0.29, 0.717) is 32.0 Å². The van der Waals surface area contributed by atoms with Crippen molar-refractivity contribution in [3.05, 3.63) is 59.7 Å². The summed E-state index contributed by atoms with van der Waals surface area (Å²) >= 11 is 0. The van der Waals surface area contributed by atoms with Gasteiger partial charge >= 0.3 is 0 Å². The van der Waals surface area contributed by atoms with Crippen LogP contribution in [-0.4, -0.2) is 65.3 Å². The van der Waals surface area contributed by atoms with Crippen molar-refractivity contribution in [3.63, 3.8) is 0 Å². The van der Waals surface area contributed by atoms with Crippen LogP contribution in [0.4, 0.5) is 11.6 Å². The number of anilines is 2. The van der Waals surface area contributed by atoms with Gasteiger partial charge in [0.25, 0.3) is 0 Å². The molecule has 0 saturated carbocycles. The summed E-state index contributed by atoms with van der Waals surface area (Å²) in [4.78, 5) is 29.5. The Morgan fingerprint density at radius 2 is 2.03 bits per heavy atom. The van der Waals surface area contributed by atoms with Gasteiger partial charge in [0, 0.05) is 57.4 Å². The number of methoxy groups -OCH3 is 1. The first kappa shape index (κ1) is 20.4. The number of rotatable bonds is 5. The number of hydrogen-bond acceptors (Lipinski definition) is 7. The Balaban J connectivity index is 1.55. The van der Waals surface area contributed by atoms with E-state index in [4.69, 9.17) is 9.72 Å². The van der Waals surface area contributed by atoms with Crippen LogP contribution < -0.4 is 14.5 Å². The van der Waals surface area contributed by atoms with E-state index in [-0.39, 0.29) is 5.91 Å². The Hall–Kier alpha value is -3.46. The van der Waals surface area contributed by atoms with Gasteiger partial charge in [0.2, 0.25) is 11.9 Å². The molecule has 0 aliphatic carbocycles. The van der Waals surface area contributed by atoms with E-state index in [2.05, 4.69) is 20.1 Å². The van der Waals surface area contributed by atoms with Crippen molar-refractivity contribution >= 4 is 17.5 Å². The predicted molar refractivity (Wildman–Crippen MR) is 121 cm³/mol. The van der Waals surface area contributed by atoms with Crippen LogP contribution >= 0.6 is 0 Å². The zero-order valence-electron chi connectivity index (χ0n) is 18.6. The van der Waals surface area contributed by atoms with E-state index in [0.717, 1.165) is 34.9 Å². The minimum absolute atomic E-state index is 0.0862. The maximum atomic E-state index is 14.1. The van der Waals surface area contributed by atoms with Crippen LogP contribution in [0.1, 0.15) is 23.4 Å². The number of benzene rings is 1. The number of amides is 1. The number of nitrogens with one attached hydrogen (secondary N) is 1. The average Bonchev–Trinajstić information content (AvgIpc) is 3.47. The van der Waals surface area contributed by atoms with Gasteiger partial charge in [-0.2, -0.15) is 5.10 Å². The zero-order chi connectivity index (χ0) is 22.3.